The van der Waals surface area contributed by atoms with Crippen LogP contribution in [0.3, 0.4) is 0 Å². The fourth-order valence-corrected chi connectivity index (χ4v) is 3.69. The van der Waals surface area contributed by atoms with Crippen LogP contribution in [0.5, 0.6) is 5.75 Å². The molecule has 1 saturated heterocycles. The second kappa shape index (κ2) is 9.20. The van der Waals surface area contributed by atoms with Gasteiger partial charge in [0.1, 0.15) is 17.3 Å². The van der Waals surface area contributed by atoms with Crippen LogP contribution in [0, 0.1) is 0 Å². The first-order valence-electron chi connectivity index (χ1n) is 10.7. The number of pyridine rings is 1. The van der Waals surface area contributed by atoms with E-state index in [-0.39, 0.29) is 29.6 Å². The van der Waals surface area contributed by atoms with E-state index in [1.807, 2.05) is 24.7 Å². The van der Waals surface area contributed by atoms with Crippen molar-refractivity contribution in [2.75, 3.05) is 11.9 Å². The van der Waals surface area contributed by atoms with Crippen molar-refractivity contribution in [3.8, 4) is 5.75 Å². The Morgan fingerprint density at radius 2 is 2.09 bits per heavy atom. The van der Waals surface area contributed by atoms with Gasteiger partial charge in [-0.3, -0.25) is 9.48 Å². The van der Waals surface area contributed by atoms with Crippen LogP contribution in [0.25, 0.3) is 10.9 Å². The lowest BCUT2D eigenvalue weighted by Crippen LogP contribution is -2.26. The molecule has 9 heteroatoms. The number of aromatic nitrogens is 3. The Bertz CT molecular complexity index is 1110. The van der Waals surface area contributed by atoms with E-state index in [1.165, 1.54) is 18.2 Å². The molecule has 3 heterocycles. The van der Waals surface area contributed by atoms with E-state index in [0.29, 0.717) is 17.9 Å². The van der Waals surface area contributed by atoms with E-state index in [9.17, 15) is 13.6 Å². The number of halogens is 2. The lowest BCUT2D eigenvalue weighted by atomic mass is 10.1. The van der Waals surface area contributed by atoms with Crippen molar-refractivity contribution in [3.63, 3.8) is 0 Å². The second-order valence-corrected chi connectivity index (χ2v) is 8.26. The van der Waals surface area contributed by atoms with Crippen LogP contribution in [-0.4, -0.2) is 39.5 Å². The molecule has 0 spiro atoms. The van der Waals surface area contributed by atoms with Crippen molar-refractivity contribution in [3.05, 3.63) is 47.8 Å². The molecule has 32 heavy (non-hydrogen) atoms. The Hall–Kier alpha value is -3.07. The molecule has 170 valence electrons. The summed E-state index contributed by atoms with van der Waals surface area (Å²) in [5.41, 5.74) is 0.583. The Balaban J connectivity index is 1.65. The Kier molecular flexibility index (Phi) is 6.36. The van der Waals surface area contributed by atoms with Gasteiger partial charge in [0.25, 0.3) is 12.3 Å². The molecule has 3 aromatic rings. The summed E-state index contributed by atoms with van der Waals surface area (Å²) in [5.74, 6) is -0.0783. The van der Waals surface area contributed by atoms with Crippen LogP contribution < -0.4 is 10.1 Å². The number of ether oxygens (including phenoxy) is 2. The number of amides is 1. The second-order valence-electron chi connectivity index (χ2n) is 8.26. The van der Waals surface area contributed by atoms with Crippen LogP contribution in [0.4, 0.5) is 14.6 Å². The third-order valence-electron chi connectivity index (χ3n) is 5.32. The maximum atomic E-state index is 13.0. The highest BCUT2D eigenvalue weighted by Gasteiger charge is 2.23. The first-order chi connectivity index (χ1) is 15.3. The summed E-state index contributed by atoms with van der Waals surface area (Å²) in [6.07, 6.45) is 1.17. The minimum absolute atomic E-state index is 0.0487. The van der Waals surface area contributed by atoms with Gasteiger partial charge in [-0.2, -0.15) is 5.10 Å². The zero-order valence-corrected chi connectivity index (χ0v) is 18.2. The Morgan fingerprint density at radius 1 is 1.28 bits per heavy atom. The predicted octanol–water partition coefficient (Wildman–Crippen LogP) is 5.15. The highest BCUT2D eigenvalue weighted by molar-refractivity contribution is 6.08. The number of carbonyl (C=O) groups excluding carboxylic acids is 1. The van der Waals surface area contributed by atoms with Crippen LogP contribution in [-0.2, 0) is 4.74 Å². The van der Waals surface area contributed by atoms with Crippen LogP contribution in [0.2, 0.25) is 0 Å². The zero-order chi connectivity index (χ0) is 22.8. The summed E-state index contributed by atoms with van der Waals surface area (Å²) >= 11 is 0. The minimum atomic E-state index is -2.72. The van der Waals surface area contributed by atoms with Crippen molar-refractivity contribution in [2.24, 2.45) is 0 Å². The standard InChI is InChI=1S/C23H26F2N4O3/c1-13(2)32-20-10-19-15(11-29(28-19)16-8-7-14(3)31-12-16)9-17(20)23(30)27-21-6-4-5-18(26-21)22(24)25/h4-6,9-11,13-14,16,22H,7-8,12H2,1-3H3,(H,26,27,30). The zero-order valence-electron chi connectivity index (χ0n) is 18.2. The van der Waals surface area contributed by atoms with Crippen LogP contribution >= 0.6 is 0 Å². The lowest BCUT2D eigenvalue weighted by molar-refractivity contribution is -0.00351. The average molecular weight is 444 g/mol. The quantitative estimate of drug-likeness (QED) is 0.569. The number of benzene rings is 1. The lowest BCUT2D eigenvalue weighted by Gasteiger charge is -2.26. The monoisotopic (exact) mass is 444 g/mol. The molecular formula is C23H26F2N4O3. The number of hydrogen-bond donors (Lipinski definition) is 1. The molecule has 0 radical (unpaired) electrons. The third-order valence-corrected chi connectivity index (χ3v) is 5.32. The first-order valence-corrected chi connectivity index (χ1v) is 10.7. The highest BCUT2D eigenvalue weighted by atomic mass is 19.3. The van der Waals surface area contributed by atoms with E-state index in [4.69, 9.17) is 9.47 Å². The minimum Gasteiger partial charge on any atom is -0.490 e. The Labute approximate surface area is 184 Å². The number of alkyl halides is 2. The van der Waals surface area contributed by atoms with Gasteiger partial charge in [0.2, 0.25) is 0 Å². The number of nitrogens with zero attached hydrogens (tertiary/aromatic N) is 3. The number of fused-ring (bicyclic) bond motifs is 1. The molecule has 1 fully saturated rings. The number of hydrogen-bond acceptors (Lipinski definition) is 5. The van der Waals surface area contributed by atoms with E-state index in [1.54, 1.807) is 12.1 Å². The first kappa shape index (κ1) is 22.1. The smallest absolute Gasteiger partial charge is 0.280 e. The molecule has 1 N–H and O–H groups in total. The molecule has 1 aromatic carbocycles. The van der Waals surface area contributed by atoms with E-state index >= 15 is 0 Å². The summed E-state index contributed by atoms with van der Waals surface area (Å²) in [4.78, 5) is 16.8. The van der Waals surface area contributed by atoms with Crippen molar-refractivity contribution in [1.82, 2.24) is 14.8 Å². The van der Waals surface area contributed by atoms with Gasteiger partial charge in [-0.15, -0.1) is 0 Å². The third kappa shape index (κ3) is 4.88. The summed E-state index contributed by atoms with van der Waals surface area (Å²) in [7, 11) is 0. The molecule has 2 atom stereocenters. The van der Waals surface area contributed by atoms with Gasteiger partial charge in [0.05, 0.1) is 35.9 Å². The van der Waals surface area contributed by atoms with E-state index in [0.717, 1.165) is 18.2 Å². The number of anilines is 1. The fraction of sp³-hybridized carbons (Fsp3) is 0.435. The molecular weight excluding hydrogens is 418 g/mol. The van der Waals surface area contributed by atoms with Gasteiger partial charge in [0.15, 0.2) is 0 Å². The SMILES string of the molecule is CC(C)Oc1cc2nn(C3CCC(C)OC3)cc2cc1C(=O)Nc1cccc(C(F)F)n1. The van der Waals surface area contributed by atoms with Gasteiger partial charge in [-0.1, -0.05) is 6.07 Å². The van der Waals surface area contributed by atoms with Crippen molar-refractivity contribution < 1.29 is 23.0 Å². The summed E-state index contributed by atoms with van der Waals surface area (Å²) < 4.78 is 39.4. The predicted molar refractivity (Wildman–Crippen MR) is 116 cm³/mol. The molecule has 4 rings (SSSR count). The van der Waals surface area contributed by atoms with Crippen molar-refractivity contribution >= 4 is 22.6 Å². The van der Waals surface area contributed by atoms with E-state index in [2.05, 4.69) is 22.3 Å². The molecule has 2 aromatic heterocycles. The maximum Gasteiger partial charge on any atom is 0.280 e. The summed E-state index contributed by atoms with van der Waals surface area (Å²) in [5, 5.41) is 8.05. The highest BCUT2D eigenvalue weighted by Crippen LogP contribution is 2.30. The topological polar surface area (TPSA) is 78.3 Å². The summed E-state index contributed by atoms with van der Waals surface area (Å²) in [6.45, 7) is 6.36. The molecule has 1 amide bonds. The number of nitrogens with one attached hydrogen (secondary N) is 1. The number of carbonyl (C=O) groups is 1. The molecule has 7 nitrogen and oxygen atoms in total. The van der Waals surface area contributed by atoms with Gasteiger partial charge in [0, 0.05) is 17.6 Å². The molecule has 0 aliphatic carbocycles. The maximum absolute atomic E-state index is 13.0. The van der Waals surface area contributed by atoms with Crippen molar-refractivity contribution in [2.45, 2.75) is 58.3 Å². The fourth-order valence-electron chi connectivity index (χ4n) is 3.69. The molecule has 2 unspecified atom stereocenters. The molecule has 1 aliphatic rings. The van der Waals surface area contributed by atoms with Gasteiger partial charge in [-0.25, -0.2) is 13.8 Å². The molecule has 1 aliphatic heterocycles. The molecule has 0 bridgehead atoms. The van der Waals surface area contributed by atoms with Crippen LogP contribution in [0.1, 0.15) is 62.1 Å². The normalized spacial score (nSPS) is 19.0. The van der Waals surface area contributed by atoms with Gasteiger partial charge >= 0.3 is 0 Å². The number of rotatable bonds is 6. The van der Waals surface area contributed by atoms with Gasteiger partial charge < -0.3 is 14.8 Å². The Morgan fingerprint density at radius 3 is 2.78 bits per heavy atom. The summed E-state index contributed by atoms with van der Waals surface area (Å²) in [6, 6.07) is 7.67. The van der Waals surface area contributed by atoms with Gasteiger partial charge in [-0.05, 0) is 51.8 Å². The largest absolute Gasteiger partial charge is 0.490 e. The van der Waals surface area contributed by atoms with Crippen molar-refractivity contribution in [1.29, 1.82) is 0 Å². The van der Waals surface area contributed by atoms with Crippen LogP contribution in [0.15, 0.2) is 36.5 Å². The van der Waals surface area contributed by atoms with E-state index < -0.39 is 18.0 Å². The average Bonchev–Trinajstić information content (AvgIpc) is 3.16. The molecule has 0 saturated carbocycles.